The van der Waals surface area contributed by atoms with Crippen molar-refractivity contribution in [2.45, 2.75) is 0 Å². The van der Waals surface area contributed by atoms with Crippen molar-refractivity contribution >= 4 is 17.6 Å². The molecular weight excluding hydrogens is 294 g/mol. The molecule has 23 heavy (non-hydrogen) atoms. The van der Waals surface area contributed by atoms with Gasteiger partial charge in [-0.3, -0.25) is 4.79 Å². The van der Waals surface area contributed by atoms with Gasteiger partial charge in [-0.05, 0) is 0 Å². The zero-order valence-corrected chi connectivity index (χ0v) is 12.6. The molecule has 2 aromatic rings. The monoisotopic (exact) mass is 312 g/mol. The molecule has 0 aliphatic carbocycles. The molecule has 0 aliphatic rings. The second kappa shape index (κ2) is 8.91. The third kappa shape index (κ3) is 5.56. The summed E-state index contributed by atoms with van der Waals surface area (Å²) in [7, 11) is 0. The molecule has 2 aromatic carbocycles. The van der Waals surface area contributed by atoms with Crippen molar-refractivity contribution in [3.63, 3.8) is 0 Å². The molecule has 6 N–H and O–H groups in total. The number of quaternary nitrogens is 1. The predicted octanol–water partition coefficient (Wildman–Crippen LogP) is 2.57. The van der Waals surface area contributed by atoms with Crippen LogP contribution in [0.1, 0.15) is 11.1 Å². The Bertz CT molecular complexity index is 669. The lowest BCUT2D eigenvalue weighted by Gasteiger charge is -2.07. The highest BCUT2D eigenvalue weighted by Gasteiger charge is 2.07. The first kappa shape index (κ1) is 17.8. The van der Waals surface area contributed by atoms with E-state index in [1.165, 1.54) is 0 Å². The number of hydrogen-bond donors (Lipinski definition) is 3. The number of carbonyl (C=O) groups is 2. The lowest BCUT2D eigenvalue weighted by atomic mass is 10.0. The van der Waals surface area contributed by atoms with E-state index in [0.717, 1.165) is 23.3 Å². The van der Waals surface area contributed by atoms with Crippen molar-refractivity contribution in [1.82, 2.24) is 11.6 Å². The van der Waals surface area contributed by atoms with Gasteiger partial charge in [0.1, 0.15) is 0 Å². The van der Waals surface area contributed by atoms with E-state index < -0.39 is 11.9 Å². The van der Waals surface area contributed by atoms with E-state index in [1.54, 1.807) is 0 Å². The van der Waals surface area contributed by atoms with Gasteiger partial charge in [-0.25, -0.2) is 10.2 Å². The first-order valence-corrected chi connectivity index (χ1v) is 6.56. The maximum Gasteiger partial charge on any atom is 0.328 e. The van der Waals surface area contributed by atoms with Crippen molar-refractivity contribution in [2.24, 2.45) is 5.10 Å². The van der Waals surface area contributed by atoms with Crippen LogP contribution in [0.15, 0.2) is 77.9 Å². The Balaban J connectivity index is 0.00000264. The van der Waals surface area contributed by atoms with Crippen molar-refractivity contribution in [1.29, 1.82) is 0 Å². The molecule has 0 aromatic heterocycles. The molecule has 0 radical (unpaired) electrons. The molecule has 0 atom stereocenters. The summed E-state index contributed by atoms with van der Waals surface area (Å²) in [5.74, 6) is -1.79. The highest BCUT2D eigenvalue weighted by atomic mass is 16.4. The van der Waals surface area contributed by atoms with Gasteiger partial charge in [-0.1, -0.05) is 60.7 Å². The van der Waals surface area contributed by atoms with Crippen LogP contribution < -0.4 is 11.6 Å². The lowest BCUT2D eigenvalue weighted by Crippen LogP contribution is -2.18. The van der Waals surface area contributed by atoms with Crippen LogP contribution >= 0.6 is 0 Å². The number of hydrogen-bond acceptors (Lipinski definition) is 3. The lowest BCUT2D eigenvalue weighted by molar-refractivity contribution is -0.131. The van der Waals surface area contributed by atoms with Gasteiger partial charge in [0.25, 0.3) is 5.91 Å². The zero-order chi connectivity index (χ0) is 15.8. The second-order valence-corrected chi connectivity index (χ2v) is 4.34. The van der Waals surface area contributed by atoms with Crippen molar-refractivity contribution in [3.05, 3.63) is 83.9 Å². The zero-order valence-electron chi connectivity index (χ0n) is 12.6. The smallest absolute Gasteiger partial charge is 0.328 e. The van der Waals surface area contributed by atoms with E-state index in [1.807, 2.05) is 60.7 Å². The predicted molar refractivity (Wildman–Crippen MR) is 89.4 cm³/mol. The number of hydrazone groups is 1. The molecule has 0 aliphatic heterocycles. The number of carboxylic acid groups (broad SMARTS) is 1. The van der Waals surface area contributed by atoms with Gasteiger partial charge >= 0.3 is 5.97 Å². The molecule has 6 heteroatoms. The van der Waals surface area contributed by atoms with Crippen LogP contribution in [-0.2, 0) is 9.59 Å². The molecular formula is C17H18N3O3+. The number of amides is 1. The molecule has 0 saturated heterocycles. The largest absolute Gasteiger partial charge is 0.478 e. The number of carbonyl (C=O) groups excluding carboxylic acids is 1. The molecule has 0 bridgehead atoms. The topological polar surface area (TPSA) is 115 Å². The normalized spacial score (nSPS) is 9.74. The molecule has 0 saturated carbocycles. The van der Waals surface area contributed by atoms with Gasteiger partial charge in [0.2, 0.25) is 0 Å². The number of aliphatic carboxylic acids is 1. The molecule has 2 rings (SSSR count). The summed E-state index contributed by atoms with van der Waals surface area (Å²) >= 11 is 0. The summed E-state index contributed by atoms with van der Waals surface area (Å²) in [5.41, 5.74) is 4.62. The molecule has 6 nitrogen and oxygen atoms in total. The van der Waals surface area contributed by atoms with Gasteiger partial charge < -0.3 is 11.3 Å². The molecule has 0 spiro atoms. The van der Waals surface area contributed by atoms with E-state index in [9.17, 15) is 9.59 Å². The third-order valence-corrected chi connectivity index (χ3v) is 2.75. The fourth-order valence-corrected chi connectivity index (χ4v) is 1.78. The standard InChI is InChI=1S/C17H14N2O3.H3N/c20-15(11-12-16(21)22)18-19-17(13-7-3-1-4-8-13)14-9-5-2-6-10-14;/h1-12H,(H,18,20)(H,21,22);1H3/p+1/b12-11-;. The van der Waals surface area contributed by atoms with Gasteiger partial charge in [0, 0.05) is 23.3 Å². The Morgan fingerprint density at radius 2 is 1.35 bits per heavy atom. The van der Waals surface area contributed by atoms with Crippen molar-refractivity contribution in [3.8, 4) is 0 Å². The Morgan fingerprint density at radius 3 is 1.78 bits per heavy atom. The summed E-state index contributed by atoms with van der Waals surface area (Å²) in [6.45, 7) is 0. The highest BCUT2D eigenvalue weighted by molar-refractivity contribution is 6.13. The molecule has 118 valence electrons. The van der Waals surface area contributed by atoms with Gasteiger partial charge in [0.05, 0.1) is 5.71 Å². The van der Waals surface area contributed by atoms with Crippen LogP contribution in [0.2, 0.25) is 0 Å². The Kier molecular flexibility index (Phi) is 6.90. The van der Waals surface area contributed by atoms with Crippen LogP contribution in [0.4, 0.5) is 0 Å². The van der Waals surface area contributed by atoms with E-state index in [4.69, 9.17) is 5.11 Å². The van der Waals surface area contributed by atoms with Crippen LogP contribution in [0.25, 0.3) is 0 Å². The third-order valence-electron chi connectivity index (χ3n) is 2.75. The van der Waals surface area contributed by atoms with Crippen LogP contribution in [-0.4, -0.2) is 22.7 Å². The van der Waals surface area contributed by atoms with E-state index in [-0.39, 0.29) is 6.15 Å². The van der Waals surface area contributed by atoms with E-state index >= 15 is 0 Å². The van der Waals surface area contributed by atoms with Gasteiger partial charge in [-0.2, -0.15) is 5.10 Å². The maximum atomic E-state index is 11.5. The summed E-state index contributed by atoms with van der Waals surface area (Å²) in [6.07, 6.45) is 1.68. The van der Waals surface area contributed by atoms with Crippen molar-refractivity contribution in [2.75, 3.05) is 0 Å². The first-order chi connectivity index (χ1) is 10.7. The maximum absolute atomic E-state index is 11.5. The minimum Gasteiger partial charge on any atom is -0.478 e. The minimum absolute atomic E-state index is 0. The average molecular weight is 312 g/mol. The summed E-state index contributed by atoms with van der Waals surface area (Å²) in [4.78, 5) is 21.9. The molecule has 0 unspecified atom stereocenters. The van der Waals surface area contributed by atoms with Crippen molar-refractivity contribution < 1.29 is 14.7 Å². The second-order valence-electron chi connectivity index (χ2n) is 4.34. The Hall–Kier alpha value is -3.25. The quantitative estimate of drug-likeness (QED) is 0.447. The fraction of sp³-hybridized carbons (Fsp3) is 0. The van der Waals surface area contributed by atoms with Gasteiger partial charge in [-0.15, -0.1) is 0 Å². The molecule has 0 heterocycles. The summed E-state index contributed by atoms with van der Waals surface area (Å²) in [5, 5.41) is 12.6. The SMILES string of the molecule is O=C(O)/C=C\C(=O)NN=C(c1ccccc1)c1ccccc1.[NH4+]. The highest BCUT2D eigenvalue weighted by Crippen LogP contribution is 2.10. The van der Waals surface area contributed by atoms with Crippen LogP contribution in [0.5, 0.6) is 0 Å². The average Bonchev–Trinajstić information content (AvgIpc) is 2.55. The molecule has 1 amide bonds. The number of rotatable bonds is 5. The fourth-order valence-electron chi connectivity index (χ4n) is 1.78. The van der Waals surface area contributed by atoms with Crippen LogP contribution in [0, 0.1) is 0 Å². The number of nitrogens with one attached hydrogen (secondary N) is 1. The number of nitrogens with zero attached hydrogens (tertiary/aromatic N) is 1. The summed E-state index contributed by atoms with van der Waals surface area (Å²) < 4.78 is 0. The van der Waals surface area contributed by atoms with Gasteiger partial charge in [0.15, 0.2) is 0 Å². The first-order valence-electron chi connectivity index (χ1n) is 6.56. The van der Waals surface area contributed by atoms with Crippen LogP contribution in [0.3, 0.4) is 0 Å². The van der Waals surface area contributed by atoms with E-state index in [0.29, 0.717) is 5.71 Å². The summed E-state index contributed by atoms with van der Waals surface area (Å²) in [6, 6.07) is 18.8. The van der Waals surface area contributed by atoms with E-state index in [2.05, 4.69) is 10.5 Å². The Morgan fingerprint density at radius 1 is 0.870 bits per heavy atom. The number of carboxylic acids is 1. The number of benzene rings is 2. The Labute approximate surface area is 133 Å². The minimum atomic E-state index is -1.19. The molecule has 0 fully saturated rings.